The van der Waals surface area contributed by atoms with Crippen molar-refractivity contribution in [3.63, 3.8) is 0 Å². The molecule has 0 unspecified atom stereocenters. The molecule has 1 fully saturated rings. The molecule has 1 heterocycles. The minimum absolute atomic E-state index is 0.732. The number of nitrogens with one attached hydrogen (secondary N) is 1. The lowest BCUT2D eigenvalue weighted by Crippen LogP contribution is -2.55. The number of hydrogen-bond donors (Lipinski definition) is 1. The zero-order valence-electron chi connectivity index (χ0n) is 8.96. The monoisotopic (exact) mass is 190 g/mol. The summed E-state index contributed by atoms with van der Waals surface area (Å²) in [5, 5.41) is 3.30. The second kappa shape index (κ2) is 4.11. The Kier molecular flexibility index (Phi) is 2.85. The van der Waals surface area contributed by atoms with E-state index in [9.17, 15) is 0 Å². The smallest absolute Gasteiger partial charge is 0.0345 e. The molecule has 2 heteroatoms. The third-order valence-electron chi connectivity index (χ3n) is 2.90. The van der Waals surface area contributed by atoms with E-state index in [4.69, 9.17) is 0 Å². The fourth-order valence-electron chi connectivity index (χ4n) is 1.81. The summed E-state index contributed by atoms with van der Waals surface area (Å²) in [6.45, 7) is 5.49. The molecule has 0 aliphatic carbocycles. The van der Waals surface area contributed by atoms with Crippen LogP contribution in [0.2, 0.25) is 0 Å². The van der Waals surface area contributed by atoms with Crippen molar-refractivity contribution in [2.75, 3.05) is 20.1 Å². The quantitative estimate of drug-likeness (QED) is 0.775. The lowest BCUT2D eigenvalue weighted by molar-refractivity contribution is 0.173. The van der Waals surface area contributed by atoms with Crippen LogP contribution in [0.3, 0.4) is 0 Å². The third-order valence-corrected chi connectivity index (χ3v) is 2.90. The first kappa shape index (κ1) is 9.69. The van der Waals surface area contributed by atoms with Crippen molar-refractivity contribution in [3.8, 4) is 0 Å². The average molecular weight is 190 g/mol. The highest BCUT2D eigenvalue weighted by molar-refractivity contribution is 5.22. The molecule has 1 aromatic rings. The van der Waals surface area contributed by atoms with Gasteiger partial charge in [0.05, 0.1) is 0 Å². The maximum absolute atomic E-state index is 3.30. The number of likely N-dealkylation sites (N-methyl/N-ethyl adjacent to an activating group) is 1. The van der Waals surface area contributed by atoms with Gasteiger partial charge >= 0.3 is 0 Å². The molecular formula is C12H18N2. The predicted octanol–water partition coefficient (Wildman–Crippen LogP) is 1.40. The number of rotatable bonds is 3. The largest absolute Gasteiger partial charge is 0.314 e. The molecule has 1 N–H and O–H groups in total. The summed E-state index contributed by atoms with van der Waals surface area (Å²) < 4.78 is 0. The zero-order valence-corrected chi connectivity index (χ0v) is 8.96. The summed E-state index contributed by atoms with van der Waals surface area (Å²) in [5.74, 6) is 0. The van der Waals surface area contributed by atoms with Crippen molar-refractivity contribution in [2.45, 2.75) is 19.5 Å². The van der Waals surface area contributed by atoms with Crippen LogP contribution in [0.5, 0.6) is 0 Å². The number of aryl methyl sites for hydroxylation is 1. The van der Waals surface area contributed by atoms with Gasteiger partial charge in [0.1, 0.15) is 0 Å². The highest BCUT2D eigenvalue weighted by Gasteiger charge is 2.20. The maximum Gasteiger partial charge on any atom is 0.0345 e. The molecule has 1 saturated heterocycles. The van der Waals surface area contributed by atoms with Crippen molar-refractivity contribution in [1.82, 2.24) is 10.2 Å². The Morgan fingerprint density at radius 3 is 2.79 bits per heavy atom. The minimum atomic E-state index is 0.732. The molecule has 0 saturated carbocycles. The Labute approximate surface area is 85.9 Å². The number of benzene rings is 1. The molecule has 2 rings (SSSR count). The van der Waals surface area contributed by atoms with Gasteiger partial charge in [-0.15, -0.1) is 0 Å². The van der Waals surface area contributed by atoms with Gasteiger partial charge < -0.3 is 5.32 Å². The highest BCUT2D eigenvalue weighted by atomic mass is 15.2. The molecule has 0 amide bonds. The second-order valence-corrected chi connectivity index (χ2v) is 4.22. The van der Waals surface area contributed by atoms with Gasteiger partial charge in [0.2, 0.25) is 0 Å². The normalized spacial score (nSPS) is 17.1. The third kappa shape index (κ3) is 2.14. The van der Waals surface area contributed by atoms with E-state index in [1.807, 2.05) is 0 Å². The van der Waals surface area contributed by atoms with Gasteiger partial charge in [-0.1, -0.05) is 29.8 Å². The van der Waals surface area contributed by atoms with Crippen LogP contribution in [0.1, 0.15) is 11.1 Å². The van der Waals surface area contributed by atoms with Gasteiger partial charge in [0.15, 0.2) is 0 Å². The number of nitrogens with zero attached hydrogens (tertiary/aromatic N) is 1. The highest BCUT2D eigenvalue weighted by Crippen LogP contribution is 2.10. The molecule has 0 spiro atoms. The molecule has 1 aliphatic rings. The van der Waals surface area contributed by atoms with E-state index in [1.54, 1.807) is 0 Å². The Balaban J connectivity index is 1.95. The summed E-state index contributed by atoms with van der Waals surface area (Å²) in [7, 11) is 2.20. The van der Waals surface area contributed by atoms with E-state index in [1.165, 1.54) is 11.1 Å². The second-order valence-electron chi connectivity index (χ2n) is 4.22. The van der Waals surface area contributed by atoms with Crippen molar-refractivity contribution in [1.29, 1.82) is 0 Å². The summed E-state index contributed by atoms with van der Waals surface area (Å²) in [5.41, 5.74) is 2.77. The zero-order chi connectivity index (χ0) is 9.97. The minimum Gasteiger partial charge on any atom is -0.314 e. The van der Waals surface area contributed by atoms with E-state index in [-0.39, 0.29) is 0 Å². The molecule has 0 aromatic heterocycles. The Morgan fingerprint density at radius 1 is 1.43 bits per heavy atom. The van der Waals surface area contributed by atoms with Crippen molar-refractivity contribution >= 4 is 0 Å². The lowest BCUT2D eigenvalue weighted by atomic mass is 10.1. The summed E-state index contributed by atoms with van der Waals surface area (Å²) in [6, 6.07) is 9.49. The Morgan fingerprint density at radius 2 is 2.21 bits per heavy atom. The molecule has 1 aromatic carbocycles. The first-order valence-corrected chi connectivity index (χ1v) is 5.22. The van der Waals surface area contributed by atoms with Crippen LogP contribution >= 0.6 is 0 Å². The van der Waals surface area contributed by atoms with Crippen LogP contribution in [0.15, 0.2) is 24.3 Å². The van der Waals surface area contributed by atoms with E-state index >= 15 is 0 Å². The van der Waals surface area contributed by atoms with Gasteiger partial charge in [-0.05, 0) is 19.5 Å². The van der Waals surface area contributed by atoms with Crippen molar-refractivity contribution in [3.05, 3.63) is 35.4 Å². The first-order chi connectivity index (χ1) is 6.75. The standard InChI is InChI=1S/C12H18N2/c1-10-4-3-5-11(6-10)9-14(2)12-7-13-8-12/h3-6,12-13H,7-9H2,1-2H3. The van der Waals surface area contributed by atoms with Gasteiger partial charge in [-0.2, -0.15) is 0 Å². The van der Waals surface area contributed by atoms with E-state index < -0.39 is 0 Å². The molecule has 2 nitrogen and oxygen atoms in total. The predicted molar refractivity (Wildman–Crippen MR) is 59.3 cm³/mol. The fraction of sp³-hybridized carbons (Fsp3) is 0.500. The maximum atomic E-state index is 3.30. The Bertz CT molecular complexity index is 305. The van der Waals surface area contributed by atoms with Gasteiger partial charge in [-0.3, -0.25) is 4.90 Å². The lowest BCUT2D eigenvalue weighted by Gasteiger charge is -2.35. The van der Waals surface area contributed by atoms with Crippen LogP contribution < -0.4 is 5.32 Å². The van der Waals surface area contributed by atoms with Crippen LogP contribution in [-0.2, 0) is 6.54 Å². The van der Waals surface area contributed by atoms with Crippen molar-refractivity contribution in [2.24, 2.45) is 0 Å². The molecule has 1 aliphatic heterocycles. The van der Waals surface area contributed by atoms with Gasteiger partial charge in [0.25, 0.3) is 0 Å². The SMILES string of the molecule is Cc1cccc(CN(C)C2CNC2)c1. The summed E-state index contributed by atoms with van der Waals surface area (Å²) in [4.78, 5) is 2.42. The van der Waals surface area contributed by atoms with E-state index in [0.717, 1.165) is 25.7 Å². The molecule has 0 radical (unpaired) electrons. The van der Waals surface area contributed by atoms with Crippen molar-refractivity contribution < 1.29 is 0 Å². The van der Waals surface area contributed by atoms with Crippen LogP contribution in [-0.4, -0.2) is 31.1 Å². The first-order valence-electron chi connectivity index (χ1n) is 5.22. The summed E-state index contributed by atoms with van der Waals surface area (Å²) >= 11 is 0. The number of hydrogen-bond acceptors (Lipinski definition) is 2. The molecular weight excluding hydrogens is 172 g/mol. The van der Waals surface area contributed by atoms with Crippen LogP contribution in [0, 0.1) is 6.92 Å². The molecule has 0 atom stereocenters. The van der Waals surface area contributed by atoms with E-state index in [2.05, 4.69) is 48.5 Å². The van der Waals surface area contributed by atoms with Gasteiger partial charge in [0, 0.05) is 25.7 Å². The Hall–Kier alpha value is -0.860. The van der Waals surface area contributed by atoms with Gasteiger partial charge in [-0.25, -0.2) is 0 Å². The molecule has 76 valence electrons. The average Bonchev–Trinajstić information content (AvgIpc) is 1.99. The summed E-state index contributed by atoms with van der Waals surface area (Å²) in [6.07, 6.45) is 0. The van der Waals surface area contributed by atoms with Crippen LogP contribution in [0.4, 0.5) is 0 Å². The van der Waals surface area contributed by atoms with Crippen LogP contribution in [0.25, 0.3) is 0 Å². The fourth-order valence-corrected chi connectivity index (χ4v) is 1.81. The van der Waals surface area contributed by atoms with E-state index in [0.29, 0.717) is 0 Å². The topological polar surface area (TPSA) is 15.3 Å². The molecule has 14 heavy (non-hydrogen) atoms. The molecule has 0 bridgehead atoms.